The highest BCUT2D eigenvalue weighted by molar-refractivity contribution is 6.54. The third-order valence-electron chi connectivity index (χ3n) is 4.66. The number of piperazine rings is 1. The normalized spacial score (nSPS) is 15.0. The third-order valence-corrected chi connectivity index (χ3v) is 5.66. The van der Waals surface area contributed by atoms with E-state index in [0.29, 0.717) is 59.5 Å². The summed E-state index contributed by atoms with van der Waals surface area (Å²) in [6, 6.07) is 0.0942. The van der Waals surface area contributed by atoms with Gasteiger partial charge in [0.25, 0.3) is 0 Å². The second kappa shape index (κ2) is 8.63. The van der Waals surface area contributed by atoms with Gasteiger partial charge in [-0.2, -0.15) is 9.97 Å². The number of H-pyrrole nitrogens is 1. The van der Waals surface area contributed by atoms with Gasteiger partial charge in [-0.05, 0) is 0 Å². The van der Waals surface area contributed by atoms with E-state index in [2.05, 4.69) is 24.9 Å². The molecule has 1 aliphatic heterocycles. The van der Waals surface area contributed by atoms with Gasteiger partial charge in [-0.25, -0.2) is 9.97 Å². The lowest BCUT2D eigenvalue weighted by Gasteiger charge is -2.35. The van der Waals surface area contributed by atoms with E-state index < -0.39 is 0 Å². The van der Waals surface area contributed by atoms with Crippen LogP contribution in [0.25, 0.3) is 16.1 Å². The van der Waals surface area contributed by atoms with Crippen LogP contribution < -0.4 is 9.64 Å². The second-order valence-corrected chi connectivity index (χ2v) is 7.50. The van der Waals surface area contributed by atoms with Gasteiger partial charge in [-0.15, -0.1) is 0 Å². The topological polar surface area (TPSA) is 100 Å². The maximum absolute atomic E-state index is 11.7. The Morgan fingerprint density at radius 2 is 1.90 bits per heavy atom. The van der Waals surface area contributed by atoms with Gasteiger partial charge in [0.15, 0.2) is 5.75 Å². The van der Waals surface area contributed by atoms with Gasteiger partial charge >= 0.3 is 6.01 Å². The lowest BCUT2D eigenvalue weighted by atomic mass is 10.2. The molecule has 12 heteroatoms. The van der Waals surface area contributed by atoms with Crippen molar-refractivity contribution in [1.29, 1.82) is 0 Å². The van der Waals surface area contributed by atoms with Crippen LogP contribution in [0.4, 0.5) is 5.82 Å². The molecule has 1 saturated heterocycles. The first kappa shape index (κ1) is 20.6. The Labute approximate surface area is 186 Å². The molecule has 3 aromatic rings. The zero-order valence-electron chi connectivity index (χ0n) is 15.8. The number of nitrogens with zero attached hydrogens (tertiary/aromatic N) is 6. The van der Waals surface area contributed by atoms with E-state index in [1.165, 1.54) is 24.3 Å². The molecule has 0 bridgehead atoms. The Bertz CT molecular complexity index is 1110. The minimum Gasteiger partial charge on any atom is -0.421 e. The largest absolute Gasteiger partial charge is 0.421 e. The number of nitrogens with one attached hydrogen (secondary N) is 1. The lowest BCUT2D eigenvalue weighted by molar-refractivity contribution is -0.129. The van der Waals surface area contributed by atoms with Crippen molar-refractivity contribution in [3.05, 3.63) is 35.0 Å². The van der Waals surface area contributed by atoms with Crippen LogP contribution in [-0.2, 0) is 4.79 Å². The van der Waals surface area contributed by atoms with Crippen molar-refractivity contribution in [3.8, 4) is 11.8 Å². The summed E-state index contributed by atoms with van der Waals surface area (Å²) in [6.45, 7) is 3.86. The van der Waals surface area contributed by atoms with Crippen LogP contribution in [0.5, 0.6) is 11.8 Å². The molecule has 1 aliphatic rings. The molecule has 156 valence electrons. The summed E-state index contributed by atoms with van der Waals surface area (Å²) in [6.07, 6.45) is 4.41. The zero-order valence-corrected chi connectivity index (χ0v) is 18.0. The summed E-state index contributed by atoms with van der Waals surface area (Å²) >= 11 is 18.6. The number of hydrogen-bond acceptors (Lipinski definition) is 7. The molecule has 0 aliphatic carbocycles. The molecular formula is C18H16Cl3N7O2. The van der Waals surface area contributed by atoms with Crippen LogP contribution in [0.2, 0.25) is 5.02 Å². The van der Waals surface area contributed by atoms with E-state index in [-0.39, 0.29) is 16.9 Å². The SMILES string of the molecule is CC(=O)N1CCN(c2nc(Oc3cncnc3)nc3[nH]c(C(Cl)=CCl)c(Cl)c23)CC1. The molecule has 0 aromatic carbocycles. The number of halogens is 3. The first-order valence-electron chi connectivity index (χ1n) is 8.96. The predicted molar refractivity (Wildman–Crippen MR) is 115 cm³/mol. The fourth-order valence-electron chi connectivity index (χ4n) is 3.19. The molecule has 3 aromatic heterocycles. The summed E-state index contributed by atoms with van der Waals surface area (Å²) in [5.74, 6) is 0.999. The monoisotopic (exact) mass is 467 g/mol. The molecule has 1 N–H and O–H groups in total. The number of carbonyl (C=O) groups excluding carboxylic acids is 1. The highest BCUT2D eigenvalue weighted by Gasteiger charge is 2.26. The molecule has 0 radical (unpaired) electrons. The fraction of sp³-hybridized carbons (Fsp3) is 0.278. The highest BCUT2D eigenvalue weighted by Crippen LogP contribution is 2.39. The maximum atomic E-state index is 11.7. The molecule has 9 nitrogen and oxygen atoms in total. The molecule has 0 atom stereocenters. The summed E-state index contributed by atoms with van der Waals surface area (Å²) < 4.78 is 5.74. The average molecular weight is 469 g/mol. The van der Waals surface area contributed by atoms with E-state index >= 15 is 0 Å². The molecule has 1 amide bonds. The molecule has 1 fully saturated rings. The van der Waals surface area contributed by atoms with Crippen molar-refractivity contribution in [2.24, 2.45) is 0 Å². The smallest absolute Gasteiger partial charge is 0.326 e. The van der Waals surface area contributed by atoms with Crippen LogP contribution in [-0.4, -0.2) is 61.9 Å². The molecule has 4 rings (SSSR count). The van der Waals surface area contributed by atoms with Gasteiger partial charge in [-0.1, -0.05) is 34.8 Å². The predicted octanol–water partition coefficient (Wildman–Crippen LogP) is 3.64. The molecular weight excluding hydrogens is 453 g/mol. The summed E-state index contributed by atoms with van der Waals surface area (Å²) in [5.41, 5.74) is 2.09. The second-order valence-electron chi connectivity index (χ2n) is 6.49. The number of ether oxygens (including phenoxy) is 1. The number of carbonyl (C=O) groups is 1. The Morgan fingerprint density at radius 1 is 1.20 bits per heavy atom. The zero-order chi connectivity index (χ0) is 21.3. The quantitative estimate of drug-likeness (QED) is 0.624. The van der Waals surface area contributed by atoms with Crippen LogP contribution in [0.1, 0.15) is 12.6 Å². The van der Waals surface area contributed by atoms with Crippen molar-refractivity contribution in [2.75, 3.05) is 31.1 Å². The number of rotatable bonds is 4. The molecule has 0 saturated carbocycles. The number of aromatic amines is 1. The van der Waals surface area contributed by atoms with Crippen molar-refractivity contribution in [1.82, 2.24) is 29.8 Å². The van der Waals surface area contributed by atoms with Crippen LogP contribution in [0.3, 0.4) is 0 Å². The minimum atomic E-state index is 0.0385. The van der Waals surface area contributed by atoms with E-state index in [1.54, 1.807) is 11.8 Å². The fourth-order valence-corrected chi connectivity index (χ4v) is 3.81. The van der Waals surface area contributed by atoms with Gasteiger partial charge in [0.05, 0.1) is 33.5 Å². The van der Waals surface area contributed by atoms with E-state index in [0.717, 1.165) is 0 Å². The highest BCUT2D eigenvalue weighted by atomic mass is 35.5. The summed E-state index contributed by atoms with van der Waals surface area (Å²) in [7, 11) is 0. The van der Waals surface area contributed by atoms with E-state index in [4.69, 9.17) is 39.5 Å². The maximum Gasteiger partial charge on any atom is 0.326 e. The number of aromatic nitrogens is 5. The minimum absolute atomic E-state index is 0.0385. The Morgan fingerprint density at radius 3 is 2.53 bits per heavy atom. The number of amides is 1. The van der Waals surface area contributed by atoms with Crippen molar-refractivity contribution < 1.29 is 9.53 Å². The van der Waals surface area contributed by atoms with Crippen molar-refractivity contribution in [3.63, 3.8) is 0 Å². The molecule has 30 heavy (non-hydrogen) atoms. The van der Waals surface area contributed by atoms with Crippen LogP contribution >= 0.6 is 34.8 Å². The van der Waals surface area contributed by atoms with Gasteiger partial charge in [0, 0.05) is 38.6 Å². The average Bonchev–Trinajstić information content (AvgIpc) is 3.10. The van der Waals surface area contributed by atoms with E-state index in [1.807, 2.05) is 4.90 Å². The standard InChI is InChI=1S/C18H16Cl3N7O2/c1-10(29)27-2-4-28(5-3-27)17-13-14(21)15(12(20)6-19)24-16(13)25-18(26-17)30-11-7-22-9-23-8-11/h6-9H,2-5H2,1H3,(H,24,25,26). The summed E-state index contributed by atoms with van der Waals surface area (Å²) in [4.78, 5) is 35.4. The number of fused-ring (bicyclic) bond motifs is 1. The summed E-state index contributed by atoms with van der Waals surface area (Å²) in [5, 5.41) is 1.19. The van der Waals surface area contributed by atoms with Gasteiger partial charge < -0.3 is 19.5 Å². The molecule has 4 heterocycles. The van der Waals surface area contributed by atoms with Crippen LogP contribution in [0.15, 0.2) is 24.3 Å². The first-order chi connectivity index (χ1) is 14.5. The van der Waals surface area contributed by atoms with Crippen molar-refractivity contribution in [2.45, 2.75) is 6.92 Å². The third kappa shape index (κ3) is 4.00. The van der Waals surface area contributed by atoms with Crippen LogP contribution in [0, 0.1) is 0 Å². The number of hydrogen-bond donors (Lipinski definition) is 1. The molecule has 0 spiro atoms. The lowest BCUT2D eigenvalue weighted by Crippen LogP contribution is -2.48. The first-order valence-corrected chi connectivity index (χ1v) is 10.2. The van der Waals surface area contributed by atoms with Gasteiger partial charge in [0.2, 0.25) is 5.91 Å². The number of anilines is 1. The Balaban J connectivity index is 1.79. The van der Waals surface area contributed by atoms with Gasteiger partial charge in [0.1, 0.15) is 17.8 Å². The molecule has 0 unspecified atom stereocenters. The van der Waals surface area contributed by atoms with E-state index in [9.17, 15) is 4.79 Å². The Kier molecular flexibility index (Phi) is 5.94. The van der Waals surface area contributed by atoms with Gasteiger partial charge in [-0.3, -0.25) is 4.79 Å². The van der Waals surface area contributed by atoms with Crippen molar-refractivity contribution >= 4 is 62.6 Å². The Hall–Kier alpha value is -2.62.